The fourth-order valence-corrected chi connectivity index (χ4v) is 5.92. The highest BCUT2D eigenvalue weighted by atomic mass is 31.2. The molecule has 0 aliphatic rings. The average molecular weight is 745 g/mol. The summed E-state index contributed by atoms with van der Waals surface area (Å²) in [6.07, 6.45) is 35.4. The third-order valence-corrected chi connectivity index (χ3v) is 9.22. The molecule has 51 heavy (non-hydrogen) atoms. The Hall–Kier alpha value is -1.81. The van der Waals surface area contributed by atoms with Crippen molar-refractivity contribution in [3.05, 3.63) is 36.5 Å². The molecule has 0 fully saturated rings. The number of hydrogen-bond acceptors (Lipinski definition) is 9. The Balaban J connectivity index is 4.38. The fraction of sp³-hybridized carbons (Fsp3) is 0.800. The molecule has 0 bridgehead atoms. The number of aliphatic hydroxyl groups is 2. The van der Waals surface area contributed by atoms with Crippen LogP contribution in [0.3, 0.4) is 0 Å². The van der Waals surface area contributed by atoms with Gasteiger partial charge < -0.3 is 24.6 Å². The van der Waals surface area contributed by atoms with Crippen molar-refractivity contribution in [3.8, 4) is 0 Å². The van der Waals surface area contributed by atoms with Crippen LogP contribution in [0.15, 0.2) is 36.5 Å². The minimum absolute atomic E-state index is 0.171. The van der Waals surface area contributed by atoms with Gasteiger partial charge >= 0.3 is 19.8 Å². The van der Waals surface area contributed by atoms with E-state index in [1.165, 1.54) is 44.9 Å². The van der Waals surface area contributed by atoms with Gasteiger partial charge in [0, 0.05) is 12.8 Å². The summed E-state index contributed by atoms with van der Waals surface area (Å²) in [6, 6.07) is 0. The van der Waals surface area contributed by atoms with Gasteiger partial charge in [0.1, 0.15) is 12.7 Å². The SMILES string of the molecule is CCCCCC=CCC=CCCCCCCCC(=O)OC[C@H](COP(=O)(O)OC[C@@H](O)CO)OC(=O)CCCCCCCC=CCCCCCC. The number of allylic oxidation sites excluding steroid dienone is 6. The summed E-state index contributed by atoms with van der Waals surface area (Å²) in [5.74, 6) is -0.952. The standard InChI is InChI=1S/C40H73O10P/c1-3-5-7-9-11-13-15-17-18-20-21-23-25-27-29-31-39(43)47-35-38(36-49-51(45,46)48-34-37(42)33-41)50-40(44)32-30-28-26-24-22-19-16-14-12-10-8-6-4-2/h11,13-14,16-18,37-38,41-42H,3-10,12,15,19-36H2,1-2H3,(H,45,46)/t37-,38+/m0/s1. The normalized spacial score (nSPS) is 14.4. The van der Waals surface area contributed by atoms with Crippen LogP contribution < -0.4 is 0 Å². The molecule has 0 aliphatic carbocycles. The van der Waals surface area contributed by atoms with Crippen LogP contribution in [-0.4, -0.2) is 65.7 Å². The second-order valence-corrected chi connectivity index (χ2v) is 14.8. The molecule has 3 N–H and O–H groups in total. The zero-order valence-corrected chi connectivity index (χ0v) is 33.0. The summed E-state index contributed by atoms with van der Waals surface area (Å²) >= 11 is 0. The van der Waals surface area contributed by atoms with Crippen molar-refractivity contribution in [1.82, 2.24) is 0 Å². The van der Waals surface area contributed by atoms with Gasteiger partial charge in [-0.3, -0.25) is 18.6 Å². The van der Waals surface area contributed by atoms with Gasteiger partial charge in [-0.1, -0.05) is 121 Å². The Morgan fingerprint density at radius 2 is 1.02 bits per heavy atom. The van der Waals surface area contributed by atoms with Crippen LogP contribution in [0.25, 0.3) is 0 Å². The molecule has 0 rings (SSSR count). The number of carbonyl (C=O) groups excluding carboxylic acids is 2. The van der Waals surface area contributed by atoms with Crippen LogP contribution in [0.2, 0.25) is 0 Å². The maximum atomic E-state index is 12.5. The molecule has 1 unspecified atom stereocenters. The molecule has 0 saturated heterocycles. The molecule has 3 atom stereocenters. The Morgan fingerprint density at radius 3 is 1.57 bits per heavy atom. The predicted octanol–water partition coefficient (Wildman–Crippen LogP) is 10.00. The Bertz CT molecular complexity index is 952. The fourth-order valence-electron chi connectivity index (χ4n) is 5.13. The van der Waals surface area contributed by atoms with E-state index in [-0.39, 0.29) is 19.4 Å². The van der Waals surface area contributed by atoms with E-state index in [2.05, 4.69) is 54.8 Å². The number of ether oxygens (including phenoxy) is 2. The van der Waals surface area contributed by atoms with Gasteiger partial charge in [-0.15, -0.1) is 0 Å². The molecule has 0 aliphatic heterocycles. The number of aliphatic hydroxyl groups excluding tert-OH is 2. The average Bonchev–Trinajstić information content (AvgIpc) is 3.12. The first-order valence-electron chi connectivity index (χ1n) is 19.9. The number of phosphoric ester groups is 1. The van der Waals surface area contributed by atoms with E-state index in [0.717, 1.165) is 83.5 Å². The number of phosphoric acid groups is 1. The maximum absolute atomic E-state index is 12.5. The van der Waals surface area contributed by atoms with Crippen LogP contribution in [0.5, 0.6) is 0 Å². The van der Waals surface area contributed by atoms with Crippen LogP contribution in [-0.2, 0) is 32.7 Å². The highest BCUT2D eigenvalue weighted by Crippen LogP contribution is 2.43. The monoisotopic (exact) mass is 744 g/mol. The van der Waals surface area contributed by atoms with Crippen LogP contribution in [0.1, 0.15) is 168 Å². The lowest BCUT2D eigenvalue weighted by molar-refractivity contribution is -0.161. The second-order valence-electron chi connectivity index (χ2n) is 13.3. The van der Waals surface area contributed by atoms with Crippen molar-refractivity contribution < 1.29 is 47.8 Å². The van der Waals surface area contributed by atoms with Gasteiger partial charge in [0.15, 0.2) is 6.10 Å². The van der Waals surface area contributed by atoms with Gasteiger partial charge in [-0.05, 0) is 70.6 Å². The molecule has 0 spiro atoms. The lowest BCUT2D eigenvalue weighted by atomic mass is 10.1. The summed E-state index contributed by atoms with van der Waals surface area (Å²) in [7, 11) is -4.62. The zero-order chi connectivity index (χ0) is 37.7. The first kappa shape index (κ1) is 49.2. The maximum Gasteiger partial charge on any atom is 0.472 e. The van der Waals surface area contributed by atoms with E-state index in [1.807, 2.05) is 0 Å². The quantitative estimate of drug-likeness (QED) is 0.0243. The van der Waals surface area contributed by atoms with Crippen molar-refractivity contribution in [1.29, 1.82) is 0 Å². The van der Waals surface area contributed by atoms with Gasteiger partial charge in [0.2, 0.25) is 0 Å². The summed E-state index contributed by atoms with van der Waals surface area (Å²) in [4.78, 5) is 34.9. The lowest BCUT2D eigenvalue weighted by Gasteiger charge is -2.20. The summed E-state index contributed by atoms with van der Waals surface area (Å²) in [5, 5.41) is 18.3. The Labute approximate surface area is 310 Å². The minimum atomic E-state index is -4.62. The number of carbonyl (C=O) groups is 2. The number of unbranched alkanes of at least 4 members (excludes halogenated alkanes) is 17. The summed E-state index contributed by atoms with van der Waals surface area (Å²) < 4.78 is 32.6. The molecule has 0 aromatic heterocycles. The summed E-state index contributed by atoms with van der Waals surface area (Å²) in [6.45, 7) is 2.30. The number of hydrogen-bond donors (Lipinski definition) is 3. The Morgan fingerprint density at radius 1 is 0.588 bits per heavy atom. The predicted molar refractivity (Wildman–Crippen MR) is 205 cm³/mol. The highest BCUT2D eigenvalue weighted by molar-refractivity contribution is 7.47. The molecular weight excluding hydrogens is 671 g/mol. The molecule has 0 saturated carbocycles. The van der Waals surface area contributed by atoms with Crippen LogP contribution in [0.4, 0.5) is 0 Å². The van der Waals surface area contributed by atoms with Crippen LogP contribution >= 0.6 is 7.82 Å². The largest absolute Gasteiger partial charge is 0.472 e. The molecule has 0 radical (unpaired) electrons. The van der Waals surface area contributed by atoms with Crippen molar-refractivity contribution >= 4 is 19.8 Å². The Kier molecular flexibility index (Phi) is 35.2. The van der Waals surface area contributed by atoms with E-state index in [1.54, 1.807) is 0 Å². The molecule has 0 heterocycles. The topological polar surface area (TPSA) is 149 Å². The highest BCUT2D eigenvalue weighted by Gasteiger charge is 2.27. The van der Waals surface area contributed by atoms with E-state index < -0.39 is 51.8 Å². The van der Waals surface area contributed by atoms with Crippen molar-refractivity contribution in [2.75, 3.05) is 26.4 Å². The van der Waals surface area contributed by atoms with E-state index in [4.69, 9.17) is 19.1 Å². The first-order valence-corrected chi connectivity index (χ1v) is 21.4. The summed E-state index contributed by atoms with van der Waals surface area (Å²) in [5.41, 5.74) is 0. The van der Waals surface area contributed by atoms with Gasteiger partial charge in [-0.25, -0.2) is 4.57 Å². The first-order chi connectivity index (χ1) is 24.7. The van der Waals surface area contributed by atoms with E-state index in [9.17, 15) is 24.2 Å². The minimum Gasteiger partial charge on any atom is -0.462 e. The third-order valence-electron chi connectivity index (χ3n) is 8.27. The second kappa shape index (κ2) is 36.5. The molecule has 0 aromatic rings. The van der Waals surface area contributed by atoms with E-state index in [0.29, 0.717) is 12.8 Å². The number of esters is 2. The zero-order valence-electron chi connectivity index (χ0n) is 32.1. The lowest BCUT2D eigenvalue weighted by Crippen LogP contribution is -2.29. The van der Waals surface area contributed by atoms with Crippen molar-refractivity contribution in [3.63, 3.8) is 0 Å². The van der Waals surface area contributed by atoms with E-state index >= 15 is 0 Å². The molecule has 11 heteroatoms. The van der Waals surface area contributed by atoms with Crippen molar-refractivity contribution in [2.24, 2.45) is 0 Å². The molecule has 0 amide bonds. The van der Waals surface area contributed by atoms with Gasteiger partial charge in [0.25, 0.3) is 0 Å². The molecule has 298 valence electrons. The smallest absolute Gasteiger partial charge is 0.462 e. The van der Waals surface area contributed by atoms with Crippen molar-refractivity contribution in [2.45, 2.75) is 180 Å². The third kappa shape index (κ3) is 36.3. The molecule has 0 aromatic carbocycles. The van der Waals surface area contributed by atoms with Gasteiger partial charge in [0.05, 0.1) is 19.8 Å². The number of rotatable bonds is 37. The molecule has 10 nitrogen and oxygen atoms in total. The van der Waals surface area contributed by atoms with Crippen LogP contribution in [0, 0.1) is 0 Å². The molecular formula is C40H73O10P. The van der Waals surface area contributed by atoms with Gasteiger partial charge in [-0.2, -0.15) is 0 Å².